The second-order valence-electron chi connectivity index (χ2n) is 5.60. The molecule has 1 atom stereocenters. The molecular weight excluding hydrogens is 316 g/mol. The van der Waals surface area contributed by atoms with Crippen molar-refractivity contribution in [3.05, 3.63) is 34.9 Å². The first-order valence-electron chi connectivity index (χ1n) is 7.80. The van der Waals surface area contributed by atoms with E-state index < -0.39 is 0 Å². The summed E-state index contributed by atoms with van der Waals surface area (Å²) in [6.45, 7) is 1.96. The second kappa shape index (κ2) is 8.74. The fourth-order valence-electron chi connectivity index (χ4n) is 2.72. The van der Waals surface area contributed by atoms with Crippen LogP contribution in [0.3, 0.4) is 0 Å². The third-order valence-electron chi connectivity index (χ3n) is 3.90. The van der Waals surface area contributed by atoms with Crippen molar-refractivity contribution in [2.24, 2.45) is 0 Å². The average molecular weight is 339 g/mol. The zero-order chi connectivity index (χ0) is 16.7. The van der Waals surface area contributed by atoms with Gasteiger partial charge in [0, 0.05) is 30.7 Å². The highest BCUT2D eigenvalue weighted by atomic mass is 35.5. The van der Waals surface area contributed by atoms with Crippen LogP contribution in [0.4, 0.5) is 4.79 Å². The molecule has 1 saturated heterocycles. The SMILES string of the molecule is CNCC1CCCN1C(=O)CNC(=O)NCc1ccc(Cl)cc1. The number of urea groups is 1. The lowest BCUT2D eigenvalue weighted by Crippen LogP contribution is -2.47. The minimum atomic E-state index is -0.349. The molecule has 0 saturated carbocycles. The van der Waals surface area contributed by atoms with Gasteiger partial charge in [-0.25, -0.2) is 4.79 Å². The highest BCUT2D eigenvalue weighted by Gasteiger charge is 2.27. The van der Waals surface area contributed by atoms with Crippen molar-refractivity contribution in [2.45, 2.75) is 25.4 Å². The molecule has 3 amide bonds. The van der Waals surface area contributed by atoms with Crippen molar-refractivity contribution in [2.75, 3.05) is 26.7 Å². The number of nitrogens with one attached hydrogen (secondary N) is 3. The molecule has 7 heteroatoms. The minimum Gasteiger partial charge on any atom is -0.337 e. The van der Waals surface area contributed by atoms with Gasteiger partial charge in [0.2, 0.25) is 5.91 Å². The number of likely N-dealkylation sites (tertiary alicyclic amines) is 1. The molecule has 1 heterocycles. The molecule has 1 aliphatic rings. The Morgan fingerprint density at radius 1 is 1.26 bits per heavy atom. The minimum absolute atomic E-state index is 0.0205. The largest absolute Gasteiger partial charge is 0.337 e. The van der Waals surface area contributed by atoms with Crippen LogP contribution in [0.5, 0.6) is 0 Å². The molecule has 1 aliphatic heterocycles. The number of rotatable bonds is 6. The van der Waals surface area contributed by atoms with Gasteiger partial charge in [-0.2, -0.15) is 0 Å². The van der Waals surface area contributed by atoms with E-state index >= 15 is 0 Å². The summed E-state index contributed by atoms with van der Waals surface area (Å²) in [4.78, 5) is 25.8. The van der Waals surface area contributed by atoms with Crippen LogP contribution in [0.15, 0.2) is 24.3 Å². The molecule has 0 aromatic heterocycles. The normalized spacial score (nSPS) is 17.1. The predicted molar refractivity (Wildman–Crippen MR) is 90.4 cm³/mol. The Hall–Kier alpha value is -1.79. The summed E-state index contributed by atoms with van der Waals surface area (Å²) >= 11 is 5.81. The number of amides is 3. The van der Waals surface area contributed by atoms with E-state index in [0.717, 1.165) is 31.5 Å². The first-order chi connectivity index (χ1) is 11.1. The molecule has 1 unspecified atom stereocenters. The topological polar surface area (TPSA) is 73.5 Å². The van der Waals surface area contributed by atoms with Crippen LogP contribution in [0.1, 0.15) is 18.4 Å². The van der Waals surface area contributed by atoms with Gasteiger partial charge in [0.25, 0.3) is 0 Å². The van der Waals surface area contributed by atoms with E-state index in [2.05, 4.69) is 16.0 Å². The third-order valence-corrected chi connectivity index (χ3v) is 4.16. The van der Waals surface area contributed by atoms with Crippen molar-refractivity contribution in [1.29, 1.82) is 0 Å². The average Bonchev–Trinajstić information content (AvgIpc) is 3.01. The number of nitrogens with zero attached hydrogens (tertiary/aromatic N) is 1. The number of likely N-dealkylation sites (N-methyl/N-ethyl adjacent to an activating group) is 1. The summed E-state index contributed by atoms with van der Waals surface area (Å²) in [5.41, 5.74) is 0.949. The third kappa shape index (κ3) is 5.41. The van der Waals surface area contributed by atoms with E-state index in [-0.39, 0.29) is 24.5 Å². The number of benzene rings is 1. The Balaban J connectivity index is 1.71. The van der Waals surface area contributed by atoms with Crippen LogP contribution >= 0.6 is 11.6 Å². The van der Waals surface area contributed by atoms with Crippen LogP contribution in [0.2, 0.25) is 5.02 Å². The second-order valence-corrected chi connectivity index (χ2v) is 6.04. The zero-order valence-corrected chi connectivity index (χ0v) is 14.0. The molecule has 0 bridgehead atoms. The van der Waals surface area contributed by atoms with Crippen molar-refractivity contribution in [3.8, 4) is 0 Å². The van der Waals surface area contributed by atoms with Crippen molar-refractivity contribution in [1.82, 2.24) is 20.9 Å². The number of hydrogen-bond acceptors (Lipinski definition) is 3. The highest BCUT2D eigenvalue weighted by Crippen LogP contribution is 2.16. The Kier molecular flexibility index (Phi) is 6.67. The molecule has 3 N–H and O–H groups in total. The fraction of sp³-hybridized carbons (Fsp3) is 0.500. The summed E-state index contributed by atoms with van der Waals surface area (Å²) in [6.07, 6.45) is 2.02. The van der Waals surface area contributed by atoms with Gasteiger partial charge in [-0.1, -0.05) is 23.7 Å². The van der Waals surface area contributed by atoms with E-state index in [1.54, 1.807) is 12.1 Å². The fourth-order valence-corrected chi connectivity index (χ4v) is 2.84. The van der Waals surface area contributed by atoms with Gasteiger partial charge in [-0.05, 0) is 37.6 Å². The van der Waals surface area contributed by atoms with Gasteiger partial charge in [0.05, 0.1) is 6.54 Å². The molecule has 6 nitrogen and oxygen atoms in total. The molecule has 2 rings (SSSR count). The van der Waals surface area contributed by atoms with E-state index in [1.807, 2.05) is 24.1 Å². The van der Waals surface area contributed by atoms with Gasteiger partial charge < -0.3 is 20.9 Å². The number of carbonyl (C=O) groups excluding carboxylic acids is 2. The lowest BCUT2D eigenvalue weighted by Gasteiger charge is -2.24. The van der Waals surface area contributed by atoms with Gasteiger partial charge in [0.1, 0.15) is 0 Å². The maximum absolute atomic E-state index is 12.2. The molecule has 1 aromatic rings. The van der Waals surface area contributed by atoms with Crippen molar-refractivity contribution in [3.63, 3.8) is 0 Å². The van der Waals surface area contributed by atoms with Crippen LogP contribution < -0.4 is 16.0 Å². The van der Waals surface area contributed by atoms with Crippen LogP contribution in [-0.2, 0) is 11.3 Å². The van der Waals surface area contributed by atoms with Crippen LogP contribution in [0.25, 0.3) is 0 Å². The van der Waals surface area contributed by atoms with Gasteiger partial charge in [-0.3, -0.25) is 4.79 Å². The van der Waals surface area contributed by atoms with Crippen LogP contribution in [0, 0.1) is 0 Å². The molecule has 23 heavy (non-hydrogen) atoms. The number of halogens is 1. The maximum atomic E-state index is 12.2. The van der Waals surface area contributed by atoms with Gasteiger partial charge >= 0.3 is 6.03 Å². The Bertz CT molecular complexity index is 535. The van der Waals surface area contributed by atoms with E-state index in [4.69, 9.17) is 11.6 Å². The monoisotopic (exact) mass is 338 g/mol. The molecule has 0 radical (unpaired) electrons. The Labute approximate surface area is 141 Å². The first kappa shape index (κ1) is 17.6. The number of hydrogen-bond donors (Lipinski definition) is 3. The summed E-state index contributed by atoms with van der Waals surface area (Å²) < 4.78 is 0. The summed E-state index contributed by atoms with van der Waals surface area (Å²) in [6, 6.07) is 7.12. The maximum Gasteiger partial charge on any atom is 0.315 e. The zero-order valence-electron chi connectivity index (χ0n) is 13.3. The van der Waals surface area contributed by atoms with Gasteiger partial charge in [0.15, 0.2) is 0 Å². The lowest BCUT2D eigenvalue weighted by atomic mass is 10.2. The van der Waals surface area contributed by atoms with Crippen LogP contribution in [-0.4, -0.2) is 49.6 Å². The highest BCUT2D eigenvalue weighted by molar-refractivity contribution is 6.30. The standard InChI is InChI=1S/C16H23ClN4O2/c1-18-10-14-3-2-8-21(14)15(22)11-20-16(23)19-9-12-4-6-13(17)7-5-12/h4-7,14,18H,2-3,8-11H2,1H3,(H2,19,20,23). The molecule has 1 fully saturated rings. The smallest absolute Gasteiger partial charge is 0.315 e. The Morgan fingerprint density at radius 2 is 2.00 bits per heavy atom. The van der Waals surface area contributed by atoms with Gasteiger partial charge in [-0.15, -0.1) is 0 Å². The van der Waals surface area contributed by atoms with E-state index in [1.165, 1.54) is 0 Å². The molecule has 126 valence electrons. The lowest BCUT2D eigenvalue weighted by molar-refractivity contribution is -0.130. The summed E-state index contributed by atoms with van der Waals surface area (Å²) in [5.74, 6) is -0.0376. The predicted octanol–water partition coefficient (Wildman–Crippen LogP) is 1.35. The number of carbonyl (C=O) groups is 2. The molecule has 0 aliphatic carbocycles. The molecular formula is C16H23ClN4O2. The quantitative estimate of drug-likeness (QED) is 0.733. The Morgan fingerprint density at radius 3 is 2.70 bits per heavy atom. The van der Waals surface area contributed by atoms with Crippen molar-refractivity contribution < 1.29 is 9.59 Å². The first-order valence-corrected chi connectivity index (χ1v) is 8.18. The molecule has 0 spiro atoms. The van der Waals surface area contributed by atoms with Crippen molar-refractivity contribution >= 4 is 23.5 Å². The summed E-state index contributed by atoms with van der Waals surface area (Å²) in [7, 11) is 1.88. The summed E-state index contributed by atoms with van der Waals surface area (Å²) in [5, 5.41) is 9.10. The van der Waals surface area contributed by atoms with E-state index in [9.17, 15) is 9.59 Å². The molecule has 1 aromatic carbocycles. The van der Waals surface area contributed by atoms with E-state index in [0.29, 0.717) is 11.6 Å².